The van der Waals surface area contributed by atoms with Crippen LogP contribution in [0.4, 0.5) is 10.5 Å². The fourth-order valence-corrected chi connectivity index (χ4v) is 1.84. The summed E-state index contributed by atoms with van der Waals surface area (Å²) in [5.74, 6) is 0. The van der Waals surface area contributed by atoms with Gasteiger partial charge in [-0.1, -0.05) is 36.4 Å². The quantitative estimate of drug-likeness (QED) is 0.895. The molecule has 2 N–H and O–H groups in total. The van der Waals surface area contributed by atoms with Gasteiger partial charge in [-0.05, 0) is 30.2 Å². The maximum absolute atomic E-state index is 11.8. The summed E-state index contributed by atoms with van der Waals surface area (Å²) in [6.45, 7) is 2.45. The standard InChI is InChI=1S/C16H15N3O/c1-12-6-2-3-8-14(12)11-18-16(20)19-15-9-5-4-7-13(15)10-17/h2-9H,11H2,1H3,(H2,18,19,20). The number of nitrogens with one attached hydrogen (secondary N) is 2. The van der Waals surface area contributed by atoms with Gasteiger partial charge < -0.3 is 10.6 Å². The zero-order chi connectivity index (χ0) is 14.4. The van der Waals surface area contributed by atoms with Crippen molar-refractivity contribution in [2.75, 3.05) is 5.32 Å². The molecule has 0 unspecified atom stereocenters. The first kappa shape index (κ1) is 13.6. The van der Waals surface area contributed by atoms with Crippen LogP contribution in [0.5, 0.6) is 0 Å². The second-order valence-electron chi connectivity index (χ2n) is 4.39. The van der Waals surface area contributed by atoms with Crippen molar-refractivity contribution in [1.29, 1.82) is 5.26 Å². The Labute approximate surface area is 118 Å². The second-order valence-corrected chi connectivity index (χ2v) is 4.39. The van der Waals surface area contributed by atoms with Crippen LogP contribution in [0.1, 0.15) is 16.7 Å². The summed E-state index contributed by atoms with van der Waals surface area (Å²) in [5, 5.41) is 14.4. The smallest absolute Gasteiger partial charge is 0.319 e. The zero-order valence-corrected chi connectivity index (χ0v) is 11.2. The predicted molar refractivity (Wildman–Crippen MR) is 78.2 cm³/mol. The summed E-state index contributed by atoms with van der Waals surface area (Å²) in [7, 11) is 0. The number of carbonyl (C=O) groups is 1. The first-order valence-electron chi connectivity index (χ1n) is 6.29. The molecule has 4 heteroatoms. The van der Waals surface area contributed by atoms with Crippen molar-refractivity contribution >= 4 is 11.7 Å². The van der Waals surface area contributed by atoms with E-state index < -0.39 is 0 Å². The average molecular weight is 265 g/mol. The van der Waals surface area contributed by atoms with Gasteiger partial charge in [0, 0.05) is 6.54 Å². The molecule has 0 heterocycles. The van der Waals surface area contributed by atoms with Crippen molar-refractivity contribution in [3.05, 3.63) is 65.2 Å². The molecule has 2 rings (SSSR count). The van der Waals surface area contributed by atoms with E-state index in [9.17, 15) is 4.79 Å². The molecule has 0 aliphatic carbocycles. The number of nitrogens with zero attached hydrogens (tertiary/aromatic N) is 1. The highest BCUT2D eigenvalue weighted by atomic mass is 16.2. The molecule has 100 valence electrons. The molecule has 0 aliphatic heterocycles. The minimum absolute atomic E-state index is 0.323. The normalized spacial score (nSPS) is 9.60. The first-order chi connectivity index (χ1) is 9.70. The van der Waals surface area contributed by atoms with E-state index in [1.807, 2.05) is 37.3 Å². The number of benzene rings is 2. The van der Waals surface area contributed by atoms with E-state index in [0.717, 1.165) is 11.1 Å². The van der Waals surface area contributed by atoms with Crippen molar-refractivity contribution in [3.8, 4) is 6.07 Å². The monoisotopic (exact) mass is 265 g/mol. The third kappa shape index (κ3) is 3.36. The lowest BCUT2D eigenvalue weighted by molar-refractivity contribution is 0.251. The lowest BCUT2D eigenvalue weighted by atomic mass is 10.1. The molecule has 0 spiro atoms. The summed E-state index contributed by atoms with van der Waals surface area (Å²) < 4.78 is 0. The van der Waals surface area contributed by atoms with E-state index in [2.05, 4.69) is 10.6 Å². The molecule has 2 amide bonds. The number of anilines is 1. The molecule has 0 saturated heterocycles. The highest BCUT2D eigenvalue weighted by Crippen LogP contribution is 2.13. The van der Waals surface area contributed by atoms with Crippen LogP contribution in [0.3, 0.4) is 0 Å². The van der Waals surface area contributed by atoms with Gasteiger partial charge in [-0.15, -0.1) is 0 Å². The van der Waals surface area contributed by atoms with Crippen molar-refractivity contribution in [2.24, 2.45) is 0 Å². The highest BCUT2D eigenvalue weighted by Gasteiger charge is 2.06. The van der Waals surface area contributed by atoms with Gasteiger partial charge in [0.1, 0.15) is 6.07 Å². The van der Waals surface area contributed by atoms with Gasteiger partial charge in [-0.25, -0.2) is 4.79 Å². The molecular formula is C16H15N3O. The third-order valence-corrected chi connectivity index (χ3v) is 3.00. The maximum Gasteiger partial charge on any atom is 0.319 e. The van der Waals surface area contributed by atoms with Gasteiger partial charge in [0.25, 0.3) is 0 Å². The van der Waals surface area contributed by atoms with E-state index in [-0.39, 0.29) is 6.03 Å². The van der Waals surface area contributed by atoms with E-state index in [0.29, 0.717) is 17.8 Å². The summed E-state index contributed by atoms with van der Waals surface area (Å²) in [6.07, 6.45) is 0. The van der Waals surface area contributed by atoms with E-state index >= 15 is 0 Å². The molecule has 20 heavy (non-hydrogen) atoms. The molecule has 0 bridgehead atoms. The number of urea groups is 1. The molecule has 0 aliphatic rings. The molecule has 2 aromatic rings. The van der Waals surface area contributed by atoms with Crippen molar-refractivity contribution in [3.63, 3.8) is 0 Å². The van der Waals surface area contributed by atoms with E-state index in [1.165, 1.54) is 0 Å². The van der Waals surface area contributed by atoms with Crippen LogP contribution >= 0.6 is 0 Å². The minimum Gasteiger partial charge on any atom is -0.334 e. The zero-order valence-electron chi connectivity index (χ0n) is 11.2. The van der Waals surface area contributed by atoms with Gasteiger partial charge in [-0.3, -0.25) is 0 Å². The Morgan fingerprint density at radius 3 is 2.60 bits per heavy atom. The van der Waals surface area contributed by atoms with Crippen LogP contribution in [0, 0.1) is 18.3 Å². The van der Waals surface area contributed by atoms with Crippen molar-refractivity contribution < 1.29 is 4.79 Å². The van der Waals surface area contributed by atoms with Crippen LogP contribution in [0.15, 0.2) is 48.5 Å². The Hall–Kier alpha value is -2.80. The Balaban J connectivity index is 1.97. The van der Waals surface area contributed by atoms with Crippen LogP contribution in [-0.4, -0.2) is 6.03 Å². The topological polar surface area (TPSA) is 64.9 Å². The summed E-state index contributed by atoms with van der Waals surface area (Å²) in [5.41, 5.74) is 3.15. The van der Waals surface area contributed by atoms with Crippen molar-refractivity contribution in [2.45, 2.75) is 13.5 Å². The molecule has 0 radical (unpaired) electrons. The third-order valence-electron chi connectivity index (χ3n) is 3.00. The van der Waals surface area contributed by atoms with E-state index in [1.54, 1.807) is 24.3 Å². The summed E-state index contributed by atoms with van der Waals surface area (Å²) in [4.78, 5) is 11.8. The van der Waals surface area contributed by atoms with Crippen LogP contribution in [-0.2, 0) is 6.54 Å². The Morgan fingerprint density at radius 2 is 1.85 bits per heavy atom. The fourth-order valence-electron chi connectivity index (χ4n) is 1.84. The van der Waals surface area contributed by atoms with E-state index in [4.69, 9.17) is 5.26 Å². The fraction of sp³-hybridized carbons (Fsp3) is 0.125. The largest absolute Gasteiger partial charge is 0.334 e. The maximum atomic E-state index is 11.8. The molecular weight excluding hydrogens is 250 g/mol. The number of nitriles is 1. The number of para-hydroxylation sites is 1. The number of rotatable bonds is 3. The second kappa shape index (κ2) is 6.39. The Morgan fingerprint density at radius 1 is 1.15 bits per heavy atom. The summed E-state index contributed by atoms with van der Waals surface area (Å²) >= 11 is 0. The predicted octanol–water partition coefficient (Wildman–Crippen LogP) is 3.19. The average Bonchev–Trinajstić information content (AvgIpc) is 2.47. The number of hydrogen-bond acceptors (Lipinski definition) is 2. The highest BCUT2D eigenvalue weighted by molar-refractivity contribution is 5.90. The number of carbonyl (C=O) groups excluding carboxylic acids is 1. The molecule has 0 saturated carbocycles. The lowest BCUT2D eigenvalue weighted by Crippen LogP contribution is -2.28. The van der Waals surface area contributed by atoms with Gasteiger partial charge in [0.05, 0.1) is 11.3 Å². The minimum atomic E-state index is -0.323. The lowest BCUT2D eigenvalue weighted by Gasteiger charge is -2.10. The van der Waals surface area contributed by atoms with Crippen molar-refractivity contribution in [1.82, 2.24) is 5.32 Å². The van der Waals surface area contributed by atoms with Crippen LogP contribution in [0.2, 0.25) is 0 Å². The molecule has 4 nitrogen and oxygen atoms in total. The molecule has 0 fully saturated rings. The summed E-state index contributed by atoms with van der Waals surface area (Å²) in [6, 6.07) is 16.5. The molecule has 0 atom stereocenters. The molecule has 0 aromatic heterocycles. The van der Waals surface area contributed by atoms with Gasteiger partial charge in [0.15, 0.2) is 0 Å². The van der Waals surface area contributed by atoms with Crippen LogP contribution in [0.25, 0.3) is 0 Å². The number of amides is 2. The van der Waals surface area contributed by atoms with Gasteiger partial charge >= 0.3 is 6.03 Å². The van der Waals surface area contributed by atoms with Crippen LogP contribution < -0.4 is 10.6 Å². The van der Waals surface area contributed by atoms with Gasteiger partial charge in [-0.2, -0.15) is 5.26 Å². The number of hydrogen-bond donors (Lipinski definition) is 2. The Kier molecular flexibility index (Phi) is 4.35. The van der Waals surface area contributed by atoms with Gasteiger partial charge in [0.2, 0.25) is 0 Å². The number of aryl methyl sites for hydroxylation is 1. The molecule has 2 aromatic carbocycles. The SMILES string of the molecule is Cc1ccccc1CNC(=O)Nc1ccccc1C#N. The Bertz CT molecular complexity index is 659. The first-order valence-corrected chi connectivity index (χ1v) is 6.29.